The average molecular weight is 342 g/mol. The van der Waals surface area contributed by atoms with Crippen LogP contribution in [0.25, 0.3) is 0 Å². The summed E-state index contributed by atoms with van der Waals surface area (Å²) in [5.41, 5.74) is 0.00554. The Labute approximate surface area is 138 Å². The smallest absolute Gasteiger partial charge is 0.129 e. The number of rotatable bonds is 4. The van der Waals surface area contributed by atoms with E-state index in [2.05, 4.69) is 10.00 Å². The van der Waals surface area contributed by atoms with E-state index < -0.39 is 17.7 Å². The van der Waals surface area contributed by atoms with Gasteiger partial charge in [0.1, 0.15) is 11.6 Å². The van der Waals surface area contributed by atoms with Crippen molar-refractivity contribution in [2.75, 3.05) is 19.6 Å². The largest absolute Gasteiger partial charge is 0.387 e. The van der Waals surface area contributed by atoms with Gasteiger partial charge in [-0.05, 0) is 31.0 Å². The number of nitrogens with zero attached hydrogens (tertiary/aromatic N) is 3. The number of halogens is 3. The van der Waals surface area contributed by atoms with Crippen molar-refractivity contribution >= 4 is 11.6 Å². The minimum absolute atomic E-state index is 0.00554. The number of aliphatic hydroxyl groups is 1. The van der Waals surface area contributed by atoms with Crippen LogP contribution in [0.5, 0.6) is 0 Å². The summed E-state index contributed by atoms with van der Waals surface area (Å²) >= 11 is 5.88. The molecule has 1 aliphatic rings. The van der Waals surface area contributed by atoms with Gasteiger partial charge in [-0.25, -0.2) is 8.78 Å². The highest BCUT2D eigenvalue weighted by Gasteiger charge is 2.24. The monoisotopic (exact) mass is 341 g/mol. The van der Waals surface area contributed by atoms with E-state index in [1.807, 2.05) is 4.68 Å². The molecule has 1 aromatic heterocycles. The summed E-state index contributed by atoms with van der Waals surface area (Å²) in [5, 5.41) is 15.0. The van der Waals surface area contributed by atoms with E-state index in [4.69, 9.17) is 11.6 Å². The average Bonchev–Trinajstić information content (AvgIpc) is 2.97. The maximum atomic E-state index is 13.7. The molecule has 1 unspecified atom stereocenters. The first-order valence-corrected chi connectivity index (χ1v) is 7.96. The van der Waals surface area contributed by atoms with Gasteiger partial charge < -0.3 is 10.0 Å². The molecule has 1 fully saturated rings. The SMILES string of the molecule is OC(CN1CCC(n2cc(Cl)cn2)CC1)c1cc(F)ccc1F. The molecule has 4 nitrogen and oxygen atoms in total. The van der Waals surface area contributed by atoms with Gasteiger partial charge in [-0.3, -0.25) is 4.68 Å². The number of hydrogen-bond acceptors (Lipinski definition) is 3. The van der Waals surface area contributed by atoms with Crippen molar-refractivity contribution in [2.45, 2.75) is 25.0 Å². The molecule has 23 heavy (non-hydrogen) atoms. The predicted molar refractivity (Wildman–Crippen MR) is 83.3 cm³/mol. The molecule has 0 radical (unpaired) electrons. The standard InChI is InChI=1S/C16H18ClF2N3O/c17-11-8-20-22(9-11)13-3-5-21(6-4-13)10-16(23)14-7-12(18)1-2-15(14)19/h1-2,7-9,13,16,23H,3-6,10H2. The topological polar surface area (TPSA) is 41.3 Å². The zero-order valence-electron chi connectivity index (χ0n) is 12.5. The van der Waals surface area contributed by atoms with Crippen molar-refractivity contribution in [3.8, 4) is 0 Å². The van der Waals surface area contributed by atoms with Crippen molar-refractivity contribution in [3.05, 3.63) is 52.8 Å². The third kappa shape index (κ3) is 3.88. The molecule has 1 aliphatic heterocycles. The molecule has 124 valence electrons. The van der Waals surface area contributed by atoms with E-state index in [0.29, 0.717) is 5.02 Å². The molecular formula is C16H18ClF2N3O. The molecule has 0 amide bonds. The lowest BCUT2D eigenvalue weighted by molar-refractivity contribution is 0.0865. The van der Waals surface area contributed by atoms with E-state index in [-0.39, 0.29) is 18.2 Å². The third-order valence-corrected chi connectivity index (χ3v) is 4.44. The van der Waals surface area contributed by atoms with Crippen LogP contribution in [0.3, 0.4) is 0 Å². The molecule has 1 atom stereocenters. The van der Waals surface area contributed by atoms with Crippen LogP contribution < -0.4 is 0 Å². The molecule has 0 spiro atoms. The zero-order valence-corrected chi connectivity index (χ0v) is 13.3. The molecular weight excluding hydrogens is 324 g/mol. The molecule has 1 saturated heterocycles. The van der Waals surface area contributed by atoms with Crippen molar-refractivity contribution in [1.29, 1.82) is 0 Å². The Morgan fingerprint density at radius 1 is 1.30 bits per heavy atom. The van der Waals surface area contributed by atoms with Crippen LogP contribution in [-0.4, -0.2) is 39.4 Å². The van der Waals surface area contributed by atoms with E-state index in [1.165, 1.54) is 0 Å². The second kappa shape index (κ2) is 6.95. The van der Waals surface area contributed by atoms with Gasteiger partial charge in [0.2, 0.25) is 0 Å². The molecule has 1 N–H and O–H groups in total. The number of aromatic nitrogens is 2. The third-order valence-electron chi connectivity index (χ3n) is 4.25. The number of likely N-dealkylation sites (tertiary alicyclic amines) is 1. The molecule has 3 rings (SSSR count). The lowest BCUT2D eigenvalue weighted by Gasteiger charge is -2.33. The molecule has 1 aromatic carbocycles. The fraction of sp³-hybridized carbons (Fsp3) is 0.438. The lowest BCUT2D eigenvalue weighted by Crippen LogP contribution is -2.37. The lowest BCUT2D eigenvalue weighted by atomic mass is 10.0. The fourth-order valence-corrected chi connectivity index (χ4v) is 3.14. The Bertz CT molecular complexity index is 671. The van der Waals surface area contributed by atoms with Crippen LogP contribution in [0, 0.1) is 11.6 Å². The number of β-amino-alcohol motifs (C(OH)–C–C–N with tert-alkyl or cyclic N) is 1. The maximum Gasteiger partial charge on any atom is 0.129 e. The van der Waals surface area contributed by atoms with E-state index >= 15 is 0 Å². The molecule has 0 bridgehead atoms. The first kappa shape index (κ1) is 16.4. The van der Waals surface area contributed by atoms with Gasteiger partial charge in [0.15, 0.2) is 0 Å². The van der Waals surface area contributed by atoms with E-state index in [9.17, 15) is 13.9 Å². The normalized spacial score (nSPS) is 18.3. The van der Waals surface area contributed by atoms with Crippen molar-refractivity contribution in [2.24, 2.45) is 0 Å². The van der Waals surface area contributed by atoms with Crippen LogP contribution in [-0.2, 0) is 0 Å². The zero-order chi connectivity index (χ0) is 16.4. The maximum absolute atomic E-state index is 13.7. The first-order chi connectivity index (χ1) is 11.0. The van der Waals surface area contributed by atoms with E-state index in [1.54, 1.807) is 12.4 Å². The Balaban J connectivity index is 1.57. The minimum atomic E-state index is -1.04. The molecule has 0 aliphatic carbocycles. The summed E-state index contributed by atoms with van der Waals surface area (Å²) in [5.74, 6) is -1.13. The highest BCUT2D eigenvalue weighted by molar-refractivity contribution is 6.30. The van der Waals surface area contributed by atoms with Crippen LogP contribution >= 0.6 is 11.6 Å². The Hall–Kier alpha value is -1.50. The predicted octanol–water partition coefficient (Wildman–Crippen LogP) is 3.19. The summed E-state index contributed by atoms with van der Waals surface area (Å²) in [6, 6.07) is 3.42. The Morgan fingerprint density at radius 2 is 2.04 bits per heavy atom. The number of hydrogen-bond donors (Lipinski definition) is 1. The highest BCUT2D eigenvalue weighted by Crippen LogP contribution is 2.25. The van der Waals surface area contributed by atoms with Crippen LogP contribution in [0.1, 0.15) is 30.6 Å². The number of benzene rings is 1. The summed E-state index contributed by atoms with van der Waals surface area (Å²) < 4.78 is 28.8. The second-order valence-electron chi connectivity index (χ2n) is 5.85. The summed E-state index contributed by atoms with van der Waals surface area (Å²) in [6.07, 6.45) is 4.12. The van der Waals surface area contributed by atoms with Gasteiger partial charge in [0.05, 0.1) is 23.4 Å². The summed E-state index contributed by atoms with van der Waals surface area (Å²) in [4.78, 5) is 2.05. The van der Waals surface area contributed by atoms with Crippen molar-refractivity contribution < 1.29 is 13.9 Å². The summed E-state index contributed by atoms with van der Waals surface area (Å²) in [6.45, 7) is 1.80. The van der Waals surface area contributed by atoms with Crippen LogP contribution in [0.2, 0.25) is 5.02 Å². The van der Waals surface area contributed by atoms with Crippen molar-refractivity contribution in [1.82, 2.24) is 14.7 Å². The molecule has 2 aromatic rings. The van der Waals surface area contributed by atoms with Gasteiger partial charge in [0, 0.05) is 31.4 Å². The van der Waals surface area contributed by atoms with Gasteiger partial charge in [0.25, 0.3) is 0 Å². The van der Waals surface area contributed by atoms with Gasteiger partial charge in [-0.1, -0.05) is 11.6 Å². The molecule has 0 saturated carbocycles. The van der Waals surface area contributed by atoms with Gasteiger partial charge in [-0.15, -0.1) is 0 Å². The Kier molecular flexibility index (Phi) is 4.94. The highest BCUT2D eigenvalue weighted by atomic mass is 35.5. The fourth-order valence-electron chi connectivity index (χ4n) is 2.99. The van der Waals surface area contributed by atoms with Crippen LogP contribution in [0.4, 0.5) is 8.78 Å². The number of piperidine rings is 1. The molecule has 7 heteroatoms. The van der Waals surface area contributed by atoms with Gasteiger partial charge in [-0.2, -0.15) is 5.10 Å². The van der Waals surface area contributed by atoms with Crippen LogP contribution in [0.15, 0.2) is 30.6 Å². The second-order valence-corrected chi connectivity index (χ2v) is 6.29. The van der Waals surface area contributed by atoms with Gasteiger partial charge >= 0.3 is 0 Å². The summed E-state index contributed by atoms with van der Waals surface area (Å²) in [7, 11) is 0. The Morgan fingerprint density at radius 3 is 2.70 bits per heavy atom. The van der Waals surface area contributed by atoms with Crippen molar-refractivity contribution in [3.63, 3.8) is 0 Å². The molecule has 2 heterocycles. The number of aliphatic hydroxyl groups excluding tert-OH is 1. The first-order valence-electron chi connectivity index (χ1n) is 7.58. The minimum Gasteiger partial charge on any atom is -0.387 e. The van der Waals surface area contributed by atoms with E-state index in [0.717, 1.165) is 44.1 Å². The quantitative estimate of drug-likeness (QED) is 0.928.